The molecule has 5 heteroatoms. The molecule has 0 saturated carbocycles. The van der Waals surface area contributed by atoms with E-state index in [0.717, 1.165) is 5.56 Å². The minimum Gasteiger partial charge on any atom is -0.217 e. The zero-order valence-corrected chi connectivity index (χ0v) is 9.74. The molecule has 0 spiro atoms. The van der Waals surface area contributed by atoms with Gasteiger partial charge in [-0.05, 0) is 31.5 Å². The Morgan fingerprint density at radius 3 is 2.75 bits per heavy atom. The zero-order chi connectivity index (χ0) is 11.7. The van der Waals surface area contributed by atoms with E-state index in [0.29, 0.717) is 11.4 Å². The molecular formula is C11H11ClFN3. The van der Waals surface area contributed by atoms with Crippen molar-refractivity contribution in [1.82, 2.24) is 15.0 Å². The van der Waals surface area contributed by atoms with Crippen LogP contribution in [0.15, 0.2) is 24.4 Å². The number of aromatic nitrogens is 3. The van der Waals surface area contributed by atoms with Crippen molar-refractivity contribution in [3.8, 4) is 5.69 Å². The summed E-state index contributed by atoms with van der Waals surface area (Å²) in [6.45, 7) is 3.63. The van der Waals surface area contributed by atoms with Gasteiger partial charge in [-0.15, -0.1) is 16.7 Å². The SMILES string of the molecule is Cc1ccc(-n2cc(C(C)Cl)nn2)c(F)c1. The van der Waals surface area contributed by atoms with E-state index in [2.05, 4.69) is 10.3 Å². The molecule has 0 amide bonds. The highest BCUT2D eigenvalue weighted by atomic mass is 35.5. The number of hydrogen-bond donors (Lipinski definition) is 0. The van der Waals surface area contributed by atoms with Crippen LogP contribution >= 0.6 is 11.6 Å². The van der Waals surface area contributed by atoms with Crippen molar-refractivity contribution < 1.29 is 4.39 Å². The number of alkyl halides is 1. The molecule has 1 heterocycles. The van der Waals surface area contributed by atoms with Crippen LogP contribution in [0.3, 0.4) is 0 Å². The van der Waals surface area contributed by atoms with Crippen LogP contribution < -0.4 is 0 Å². The summed E-state index contributed by atoms with van der Waals surface area (Å²) in [5.74, 6) is -0.321. The second-order valence-corrected chi connectivity index (χ2v) is 4.31. The summed E-state index contributed by atoms with van der Waals surface area (Å²) in [4.78, 5) is 0. The second kappa shape index (κ2) is 4.22. The maximum absolute atomic E-state index is 13.6. The van der Waals surface area contributed by atoms with E-state index < -0.39 is 0 Å². The van der Waals surface area contributed by atoms with E-state index in [-0.39, 0.29) is 11.2 Å². The quantitative estimate of drug-likeness (QED) is 0.755. The van der Waals surface area contributed by atoms with Crippen molar-refractivity contribution in [2.45, 2.75) is 19.2 Å². The summed E-state index contributed by atoms with van der Waals surface area (Å²) in [6.07, 6.45) is 1.63. The van der Waals surface area contributed by atoms with Gasteiger partial charge in [0.25, 0.3) is 0 Å². The largest absolute Gasteiger partial charge is 0.217 e. The molecule has 3 nitrogen and oxygen atoms in total. The van der Waals surface area contributed by atoms with Crippen LogP contribution in [0, 0.1) is 12.7 Å². The predicted molar refractivity (Wildman–Crippen MR) is 60.3 cm³/mol. The lowest BCUT2D eigenvalue weighted by Crippen LogP contribution is -1.98. The molecule has 1 atom stereocenters. The van der Waals surface area contributed by atoms with Crippen molar-refractivity contribution in [1.29, 1.82) is 0 Å². The Hall–Kier alpha value is -1.42. The number of nitrogens with zero attached hydrogens (tertiary/aromatic N) is 3. The molecule has 0 aliphatic heterocycles. The Morgan fingerprint density at radius 2 is 2.19 bits per heavy atom. The molecule has 1 aromatic heterocycles. The standard InChI is InChI=1S/C11H11ClFN3/c1-7-3-4-11(9(13)5-7)16-6-10(8(2)12)14-15-16/h3-6,8H,1-2H3. The molecule has 0 N–H and O–H groups in total. The van der Waals surface area contributed by atoms with Gasteiger partial charge in [0.1, 0.15) is 17.2 Å². The molecule has 0 aliphatic carbocycles. The number of aryl methyl sites for hydroxylation is 1. The first-order valence-electron chi connectivity index (χ1n) is 4.91. The predicted octanol–water partition coefficient (Wildman–Crippen LogP) is 3.01. The first-order chi connectivity index (χ1) is 7.58. The first kappa shape index (κ1) is 11.1. The zero-order valence-electron chi connectivity index (χ0n) is 8.98. The summed E-state index contributed by atoms with van der Waals surface area (Å²) >= 11 is 5.86. The Labute approximate surface area is 97.8 Å². The third kappa shape index (κ3) is 2.07. The monoisotopic (exact) mass is 239 g/mol. The molecule has 16 heavy (non-hydrogen) atoms. The normalized spacial score (nSPS) is 12.8. The summed E-state index contributed by atoms with van der Waals surface area (Å²) < 4.78 is 15.0. The van der Waals surface area contributed by atoms with Crippen molar-refractivity contribution in [3.63, 3.8) is 0 Å². The van der Waals surface area contributed by atoms with Crippen LogP contribution in [0.4, 0.5) is 4.39 Å². The lowest BCUT2D eigenvalue weighted by Gasteiger charge is -2.02. The van der Waals surface area contributed by atoms with Crippen LogP contribution in [-0.4, -0.2) is 15.0 Å². The molecule has 0 saturated heterocycles. The molecule has 2 aromatic rings. The Kier molecular flexibility index (Phi) is 2.92. The van der Waals surface area contributed by atoms with E-state index in [1.807, 2.05) is 13.0 Å². The van der Waals surface area contributed by atoms with Gasteiger partial charge < -0.3 is 0 Å². The maximum atomic E-state index is 13.6. The van der Waals surface area contributed by atoms with Crippen LogP contribution in [0.1, 0.15) is 23.6 Å². The fraction of sp³-hybridized carbons (Fsp3) is 0.273. The van der Waals surface area contributed by atoms with Crippen LogP contribution in [0.5, 0.6) is 0 Å². The van der Waals surface area contributed by atoms with Gasteiger partial charge >= 0.3 is 0 Å². The van der Waals surface area contributed by atoms with E-state index >= 15 is 0 Å². The Morgan fingerprint density at radius 1 is 1.44 bits per heavy atom. The van der Waals surface area contributed by atoms with Crippen LogP contribution in [0.2, 0.25) is 0 Å². The Bertz CT molecular complexity index is 508. The van der Waals surface area contributed by atoms with Gasteiger partial charge in [-0.25, -0.2) is 9.07 Å². The lowest BCUT2D eigenvalue weighted by molar-refractivity contribution is 0.606. The number of hydrogen-bond acceptors (Lipinski definition) is 2. The highest BCUT2D eigenvalue weighted by Crippen LogP contribution is 2.19. The van der Waals surface area contributed by atoms with Gasteiger partial charge in [0, 0.05) is 0 Å². The highest BCUT2D eigenvalue weighted by molar-refractivity contribution is 6.20. The van der Waals surface area contributed by atoms with E-state index in [1.54, 1.807) is 19.2 Å². The molecule has 0 fully saturated rings. The highest BCUT2D eigenvalue weighted by Gasteiger charge is 2.10. The third-order valence-electron chi connectivity index (χ3n) is 2.27. The molecule has 1 aromatic carbocycles. The second-order valence-electron chi connectivity index (χ2n) is 3.66. The summed E-state index contributed by atoms with van der Waals surface area (Å²) in [6, 6.07) is 4.95. The minimum absolute atomic E-state index is 0.234. The van der Waals surface area contributed by atoms with Crippen molar-refractivity contribution >= 4 is 11.6 Å². The summed E-state index contributed by atoms with van der Waals surface area (Å²) in [5, 5.41) is 7.48. The molecule has 1 unspecified atom stereocenters. The number of rotatable bonds is 2. The topological polar surface area (TPSA) is 30.7 Å². The van der Waals surface area contributed by atoms with E-state index in [4.69, 9.17) is 11.6 Å². The number of halogens is 2. The molecule has 84 valence electrons. The summed E-state index contributed by atoms with van der Waals surface area (Å²) in [7, 11) is 0. The van der Waals surface area contributed by atoms with Gasteiger partial charge in [-0.2, -0.15) is 0 Å². The van der Waals surface area contributed by atoms with Gasteiger partial charge in [0.05, 0.1) is 11.6 Å². The molecule has 0 radical (unpaired) electrons. The van der Waals surface area contributed by atoms with Crippen molar-refractivity contribution in [3.05, 3.63) is 41.5 Å². The van der Waals surface area contributed by atoms with Crippen LogP contribution in [-0.2, 0) is 0 Å². The molecule has 0 bridgehead atoms. The van der Waals surface area contributed by atoms with Crippen LogP contribution in [0.25, 0.3) is 5.69 Å². The van der Waals surface area contributed by atoms with Gasteiger partial charge in [-0.1, -0.05) is 11.3 Å². The van der Waals surface area contributed by atoms with E-state index in [9.17, 15) is 4.39 Å². The Balaban J connectivity index is 2.42. The summed E-state index contributed by atoms with van der Waals surface area (Å²) in [5.41, 5.74) is 1.87. The van der Waals surface area contributed by atoms with Crippen molar-refractivity contribution in [2.24, 2.45) is 0 Å². The van der Waals surface area contributed by atoms with Gasteiger partial charge in [0.15, 0.2) is 0 Å². The molecular weight excluding hydrogens is 229 g/mol. The van der Waals surface area contributed by atoms with Crippen molar-refractivity contribution in [2.75, 3.05) is 0 Å². The average molecular weight is 240 g/mol. The van der Waals surface area contributed by atoms with Gasteiger partial charge in [-0.3, -0.25) is 0 Å². The van der Waals surface area contributed by atoms with Gasteiger partial charge in [0.2, 0.25) is 0 Å². The third-order valence-corrected chi connectivity index (χ3v) is 2.49. The minimum atomic E-state index is -0.321. The molecule has 2 rings (SSSR count). The molecule has 0 aliphatic rings. The first-order valence-corrected chi connectivity index (χ1v) is 5.34. The average Bonchev–Trinajstić information content (AvgIpc) is 2.66. The van der Waals surface area contributed by atoms with E-state index in [1.165, 1.54) is 10.7 Å². The fourth-order valence-electron chi connectivity index (χ4n) is 1.37. The number of benzene rings is 1. The smallest absolute Gasteiger partial charge is 0.149 e. The fourth-order valence-corrected chi connectivity index (χ4v) is 1.47. The lowest BCUT2D eigenvalue weighted by atomic mass is 10.2. The maximum Gasteiger partial charge on any atom is 0.149 e.